The molecule has 1 aromatic carbocycles. The van der Waals surface area contributed by atoms with E-state index in [1.54, 1.807) is 24.5 Å². The normalized spacial score (nSPS) is 10.0. The van der Waals surface area contributed by atoms with Crippen LogP contribution in [0.3, 0.4) is 0 Å². The van der Waals surface area contributed by atoms with E-state index in [9.17, 15) is 4.79 Å². The molecule has 4 nitrogen and oxygen atoms in total. The monoisotopic (exact) mass is 291 g/mol. The van der Waals surface area contributed by atoms with Crippen molar-refractivity contribution in [3.63, 3.8) is 0 Å². The van der Waals surface area contributed by atoms with Crippen LogP contribution in [0.25, 0.3) is 0 Å². The highest BCUT2D eigenvalue weighted by molar-refractivity contribution is 9.10. The summed E-state index contributed by atoms with van der Waals surface area (Å²) in [6, 6.07) is 7.09. The molecule has 0 aliphatic heterocycles. The Morgan fingerprint density at radius 1 is 1.29 bits per heavy atom. The number of nitrogens with one attached hydrogen (secondary N) is 1. The number of carbonyl (C=O) groups is 1. The zero-order valence-corrected chi connectivity index (χ0v) is 10.7. The van der Waals surface area contributed by atoms with Gasteiger partial charge in [0.25, 0.3) is 5.91 Å². The fraction of sp³-hybridized carbons (Fsp3) is 0.0833. The van der Waals surface area contributed by atoms with Gasteiger partial charge in [-0.1, -0.05) is 15.9 Å². The number of anilines is 1. The first-order chi connectivity index (χ1) is 8.16. The fourth-order valence-corrected chi connectivity index (χ4v) is 1.57. The molecule has 1 amide bonds. The van der Waals surface area contributed by atoms with Crippen molar-refractivity contribution in [3.8, 4) is 0 Å². The number of nitrogens with zero attached hydrogens (tertiary/aromatic N) is 2. The van der Waals surface area contributed by atoms with Crippen LogP contribution in [0.5, 0.6) is 0 Å². The topological polar surface area (TPSA) is 54.9 Å². The van der Waals surface area contributed by atoms with E-state index in [-0.39, 0.29) is 5.91 Å². The Labute approximate surface area is 107 Å². The number of benzene rings is 1. The van der Waals surface area contributed by atoms with Gasteiger partial charge in [-0.15, -0.1) is 0 Å². The van der Waals surface area contributed by atoms with E-state index in [2.05, 4.69) is 31.2 Å². The number of hydrogen-bond acceptors (Lipinski definition) is 3. The van der Waals surface area contributed by atoms with Crippen molar-refractivity contribution < 1.29 is 4.79 Å². The number of hydrogen-bond donors (Lipinski definition) is 1. The summed E-state index contributed by atoms with van der Waals surface area (Å²) in [5.74, 6) is 0.0878. The molecule has 2 aromatic rings. The summed E-state index contributed by atoms with van der Waals surface area (Å²) < 4.78 is 0.977. The molecule has 5 heteroatoms. The summed E-state index contributed by atoms with van der Waals surface area (Å²) in [5.41, 5.74) is 1.59. The van der Waals surface area contributed by atoms with E-state index in [1.807, 2.05) is 19.1 Å². The zero-order valence-electron chi connectivity index (χ0n) is 9.14. The van der Waals surface area contributed by atoms with E-state index >= 15 is 0 Å². The summed E-state index contributed by atoms with van der Waals surface area (Å²) in [6.07, 6.45) is 3.16. The van der Waals surface area contributed by atoms with Crippen LogP contribution in [0.4, 0.5) is 5.95 Å². The van der Waals surface area contributed by atoms with Gasteiger partial charge in [0.15, 0.2) is 0 Å². The van der Waals surface area contributed by atoms with Gasteiger partial charge in [0, 0.05) is 22.4 Å². The minimum absolute atomic E-state index is 0.216. The van der Waals surface area contributed by atoms with Crippen molar-refractivity contribution in [2.75, 3.05) is 5.32 Å². The van der Waals surface area contributed by atoms with Gasteiger partial charge in [-0.2, -0.15) is 0 Å². The summed E-state index contributed by atoms with van der Waals surface area (Å²) in [4.78, 5) is 19.7. The van der Waals surface area contributed by atoms with Gasteiger partial charge < -0.3 is 0 Å². The van der Waals surface area contributed by atoms with E-state index in [0.717, 1.165) is 10.0 Å². The predicted octanol–water partition coefficient (Wildman–Crippen LogP) is 2.80. The van der Waals surface area contributed by atoms with Crippen molar-refractivity contribution in [3.05, 3.63) is 52.3 Å². The number of aryl methyl sites for hydroxylation is 1. The molecule has 0 aliphatic carbocycles. The second kappa shape index (κ2) is 5.05. The molecule has 0 unspecified atom stereocenters. The second-order valence-corrected chi connectivity index (χ2v) is 4.34. The number of amides is 1. The van der Waals surface area contributed by atoms with Gasteiger partial charge in [-0.05, 0) is 36.8 Å². The predicted molar refractivity (Wildman–Crippen MR) is 68.9 cm³/mol. The molecule has 0 saturated carbocycles. The lowest BCUT2D eigenvalue weighted by atomic mass is 10.1. The second-order valence-electron chi connectivity index (χ2n) is 3.49. The van der Waals surface area contributed by atoms with Crippen LogP contribution in [0.1, 0.15) is 15.9 Å². The molecule has 1 aromatic heterocycles. The lowest BCUT2D eigenvalue weighted by Gasteiger charge is -2.04. The molecule has 1 heterocycles. The number of aromatic nitrogens is 2. The molecule has 0 aliphatic rings. The van der Waals surface area contributed by atoms with E-state index in [4.69, 9.17) is 0 Å². The number of halogens is 1. The average molecular weight is 292 g/mol. The molecule has 0 bridgehead atoms. The largest absolute Gasteiger partial charge is 0.290 e. The first-order valence-corrected chi connectivity index (χ1v) is 5.80. The Morgan fingerprint density at radius 3 is 2.65 bits per heavy atom. The van der Waals surface area contributed by atoms with Gasteiger partial charge in [0.2, 0.25) is 5.95 Å². The van der Waals surface area contributed by atoms with Gasteiger partial charge in [0.1, 0.15) is 0 Å². The molecule has 0 fully saturated rings. The Bertz CT molecular complexity index is 543. The first-order valence-electron chi connectivity index (χ1n) is 5.01. The van der Waals surface area contributed by atoms with Gasteiger partial charge in [-0.25, -0.2) is 9.97 Å². The molecule has 86 valence electrons. The molecule has 0 spiro atoms. The minimum atomic E-state index is -0.216. The van der Waals surface area contributed by atoms with Crippen LogP contribution in [0.15, 0.2) is 41.1 Å². The summed E-state index contributed by atoms with van der Waals surface area (Å²) in [5, 5.41) is 2.63. The maximum absolute atomic E-state index is 11.9. The van der Waals surface area contributed by atoms with Crippen LogP contribution in [-0.2, 0) is 0 Å². The standard InChI is InChI=1S/C12H10BrN3O/c1-8-7-9(3-4-10(8)13)11(17)16-12-14-5-2-6-15-12/h2-7H,1H3,(H,14,15,16,17). The minimum Gasteiger partial charge on any atom is -0.290 e. The lowest BCUT2D eigenvalue weighted by molar-refractivity contribution is 0.102. The van der Waals surface area contributed by atoms with E-state index in [1.165, 1.54) is 0 Å². The lowest BCUT2D eigenvalue weighted by Crippen LogP contribution is -2.14. The maximum atomic E-state index is 11.9. The van der Waals surface area contributed by atoms with E-state index in [0.29, 0.717) is 11.5 Å². The quantitative estimate of drug-likeness (QED) is 0.926. The summed E-state index contributed by atoms with van der Waals surface area (Å²) in [6.45, 7) is 1.93. The highest BCUT2D eigenvalue weighted by Crippen LogP contribution is 2.17. The Balaban J connectivity index is 2.18. The van der Waals surface area contributed by atoms with Crippen molar-refractivity contribution >= 4 is 27.8 Å². The molecule has 0 radical (unpaired) electrons. The Hall–Kier alpha value is -1.75. The van der Waals surface area contributed by atoms with Gasteiger partial charge in [0.05, 0.1) is 0 Å². The third-order valence-corrected chi connectivity index (χ3v) is 3.10. The Morgan fingerprint density at radius 2 is 2.00 bits per heavy atom. The summed E-state index contributed by atoms with van der Waals surface area (Å²) >= 11 is 3.39. The van der Waals surface area contributed by atoms with Crippen LogP contribution in [0, 0.1) is 6.92 Å². The molecule has 1 N–H and O–H groups in total. The van der Waals surface area contributed by atoms with Crippen LogP contribution >= 0.6 is 15.9 Å². The fourth-order valence-electron chi connectivity index (χ4n) is 1.32. The third kappa shape index (κ3) is 2.88. The zero-order chi connectivity index (χ0) is 12.3. The van der Waals surface area contributed by atoms with Gasteiger partial charge in [-0.3, -0.25) is 10.1 Å². The van der Waals surface area contributed by atoms with Crippen molar-refractivity contribution in [2.45, 2.75) is 6.92 Å². The molecule has 2 rings (SSSR count). The van der Waals surface area contributed by atoms with Crippen LogP contribution in [-0.4, -0.2) is 15.9 Å². The maximum Gasteiger partial charge on any atom is 0.258 e. The number of rotatable bonds is 2. The highest BCUT2D eigenvalue weighted by Gasteiger charge is 2.08. The molecular weight excluding hydrogens is 282 g/mol. The van der Waals surface area contributed by atoms with Crippen LogP contribution in [0.2, 0.25) is 0 Å². The first kappa shape index (κ1) is 11.7. The third-order valence-electron chi connectivity index (χ3n) is 2.21. The molecule has 0 atom stereocenters. The van der Waals surface area contributed by atoms with Crippen molar-refractivity contribution in [1.82, 2.24) is 9.97 Å². The highest BCUT2D eigenvalue weighted by atomic mass is 79.9. The van der Waals surface area contributed by atoms with Crippen molar-refractivity contribution in [1.29, 1.82) is 0 Å². The Kier molecular flexibility index (Phi) is 3.49. The number of carbonyl (C=O) groups excluding carboxylic acids is 1. The van der Waals surface area contributed by atoms with Crippen molar-refractivity contribution in [2.24, 2.45) is 0 Å². The van der Waals surface area contributed by atoms with Gasteiger partial charge >= 0.3 is 0 Å². The molecular formula is C12H10BrN3O. The molecule has 17 heavy (non-hydrogen) atoms. The average Bonchev–Trinajstić information content (AvgIpc) is 2.34. The van der Waals surface area contributed by atoms with E-state index < -0.39 is 0 Å². The molecule has 0 saturated heterocycles. The SMILES string of the molecule is Cc1cc(C(=O)Nc2ncccn2)ccc1Br. The summed E-state index contributed by atoms with van der Waals surface area (Å²) in [7, 11) is 0. The van der Waals surface area contributed by atoms with Crippen LogP contribution < -0.4 is 5.32 Å². The smallest absolute Gasteiger partial charge is 0.258 e.